The average Bonchev–Trinajstić information content (AvgIpc) is 2.28. The Balaban J connectivity index is 2.47. The lowest BCUT2D eigenvalue weighted by Gasteiger charge is -2.25. The number of hydrogen-bond donors (Lipinski definition) is 3. The Bertz CT molecular complexity index is 417. The van der Waals surface area contributed by atoms with Crippen LogP contribution in [0.25, 0.3) is 0 Å². The summed E-state index contributed by atoms with van der Waals surface area (Å²) in [4.78, 5) is 11.0. The van der Waals surface area contributed by atoms with E-state index >= 15 is 0 Å². The zero-order valence-electron chi connectivity index (χ0n) is 9.02. The Kier molecular flexibility index (Phi) is 2.94. The van der Waals surface area contributed by atoms with Gasteiger partial charge in [0.15, 0.2) is 6.10 Å². The van der Waals surface area contributed by atoms with Gasteiger partial charge in [0.05, 0.1) is 0 Å². The van der Waals surface area contributed by atoms with Crippen molar-refractivity contribution in [2.24, 2.45) is 11.5 Å². The van der Waals surface area contributed by atoms with Crippen molar-refractivity contribution < 1.29 is 9.90 Å². The number of aliphatic hydroxyl groups is 1. The molecule has 0 spiro atoms. The second-order valence-electron chi connectivity index (χ2n) is 4.22. The molecule has 1 aromatic rings. The van der Waals surface area contributed by atoms with Crippen LogP contribution in [0, 0.1) is 0 Å². The van der Waals surface area contributed by atoms with Crippen molar-refractivity contribution in [1.82, 2.24) is 0 Å². The fourth-order valence-corrected chi connectivity index (χ4v) is 2.32. The van der Waals surface area contributed by atoms with Gasteiger partial charge in [0, 0.05) is 6.04 Å². The van der Waals surface area contributed by atoms with Crippen molar-refractivity contribution in [3.8, 4) is 0 Å². The molecular weight excluding hydrogens is 204 g/mol. The van der Waals surface area contributed by atoms with Crippen LogP contribution < -0.4 is 11.5 Å². The number of benzene rings is 1. The number of rotatable bonds is 2. The van der Waals surface area contributed by atoms with E-state index in [4.69, 9.17) is 11.5 Å². The summed E-state index contributed by atoms with van der Waals surface area (Å²) >= 11 is 0. The van der Waals surface area contributed by atoms with Gasteiger partial charge in [-0.3, -0.25) is 4.79 Å². The van der Waals surface area contributed by atoms with Crippen LogP contribution in [0.2, 0.25) is 0 Å². The molecule has 16 heavy (non-hydrogen) atoms. The molecule has 1 aliphatic rings. The molecule has 0 radical (unpaired) electrons. The smallest absolute Gasteiger partial charge is 0.250 e. The number of primary amides is 1. The Morgan fingerprint density at radius 1 is 1.50 bits per heavy atom. The largest absolute Gasteiger partial charge is 0.378 e. The van der Waals surface area contributed by atoms with Crippen LogP contribution in [0.5, 0.6) is 0 Å². The van der Waals surface area contributed by atoms with Gasteiger partial charge < -0.3 is 16.6 Å². The second kappa shape index (κ2) is 4.23. The van der Waals surface area contributed by atoms with Crippen LogP contribution in [0.15, 0.2) is 18.2 Å². The highest BCUT2D eigenvalue weighted by molar-refractivity contribution is 5.80. The van der Waals surface area contributed by atoms with Gasteiger partial charge >= 0.3 is 0 Å². The fraction of sp³-hybridized carbons (Fsp3) is 0.417. The molecule has 86 valence electrons. The number of aliphatic hydroxyl groups excluding tert-OH is 1. The normalized spacial score (nSPS) is 21.2. The molecule has 0 saturated heterocycles. The SMILES string of the molecule is NC(=O)C(O)c1cccc2c1CCCC2N. The summed E-state index contributed by atoms with van der Waals surface area (Å²) in [5.74, 6) is -0.715. The van der Waals surface area contributed by atoms with Crippen molar-refractivity contribution in [2.75, 3.05) is 0 Å². The molecule has 2 unspecified atom stereocenters. The zero-order valence-corrected chi connectivity index (χ0v) is 9.02. The highest BCUT2D eigenvalue weighted by atomic mass is 16.3. The van der Waals surface area contributed by atoms with Gasteiger partial charge in [-0.05, 0) is 36.0 Å². The first-order chi connectivity index (χ1) is 7.61. The van der Waals surface area contributed by atoms with E-state index in [0.717, 1.165) is 30.4 Å². The molecule has 0 aliphatic heterocycles. The third-order valence-corrected chi connectivity index (χ3v) is 3.15. The van der Waals surface area contributed by atoms with E-state index in [1.54, 1.807) is 6.07 Å². The van der Waals surface area contributed by atoms with Crippen LogP contribution in [0.3, 0.4) is 0 Å². The van der Waals surface area contributed by atoms with E-state index in [0.29, 0.717) is 5.56 Å². The highest BCUT2D eigenvalue weighted by Crippen LogP contribution is 2.32. The van der Waals surface area contributed by atoms with Crippen molar-refractivity contribution >= 4 is 5.91 Å². The number of carbonyl (C=O) groups is 1. The number of carbonyl (C=O) groups excluding carboxylic acids is 1. The number of hydrogen-bond acceptors (Lipinski definition) is 3. The molecule has 1 amide bonds. The lowest BCUT2D eigenvalue weighted by atomic mass is 9.84. The van der Waals surface area contributed by atoms with Crippen LogP contribution in [-0.2, 0) is 11.2 Å². The summed E-state index contributed by atoms with van der Waals surface area (Å²) in [5.41, 5.74) is 13.7. The summed E-state index contributed by atoms with van der Waals surface area (Å²) in [6.45, 7) is 0. The summed E-state index contributed by atoms with van der Waals surface area (Å²) in [7, 11) is 0. The van der Waals surface area contributed by atoms with Gasteiger partial charge in [-0.1, -0.05) is 18.2 Å². The van der Waals surface area contributed by atoms with Gasteiger partial charge in [-0.25, -0.2) is 0 Å². The summed E-state index contributed by atoms with van der Waals surface area (Å²) in [6, 6.07) is 5.51. The quantitative estimate of drug-likeness (QED) is 0.679. The highest BCUT2D eigenvalue weighted by Gasteiger charge is 2.24. The van der Waals surface area contributed by atoms with Gasteiger partial charge in [-0.2, -0.15) is 0 Å². The van der Waals surface area contributed by atoms with Gasteiger partial charge in [0.2, 0.25) is 0 Å². The lowest BCUT2D eigenvalue weighted by molar-refractivity contribution is -0.126. The Hall–Kier alpha value is -1.39. The minimum atomic E-state index is -1.22. The maximum absolute atomic E-state index is 11.0. The Morgan fingerprint density at radius 2 is 2.25 bits per heavy atom. The van der Waals surface area contributed by atoms with Crippen LogP contribution in [-0.4, -0.2) is 11.0 Å². The predicted octanol–water partition coefficient (Wildman–Crippen LogP) is 0.541. The van der Waals surface area contributed by atoms with Gasteiger partial charge in [0.25, 0.3) is 5.91 Å². The van der Waals surface area contributed by atoms with E-state index in [1.165, 1.54) is 0 Å². The molecule has 5 N–H and O–H groups in total. The summed E-state index contributed by atoms with van der Waals surface area (Å²) in [6.07, 6.45) is 1.56. The molecule has 0 fully saturated rings. The molecule has 0 heterocycles. The van der Waals surface area contributed by atoms with Gasteiger partial charge in [0.1, 0.15) is 0 Å². The van der Waals surface area contributed by atoms with E-state index < -0.39 is 12.0 Å². The monoisotopic (exact) mass is 220 g/mol. The Labute approximate surface area is 94.3 Å². The molecular formula is C12H16N2O2. The van der Waals surface area contributed by atoms with Crippen molar-refractivity contribution in [1.29, 1.82) is 0 Å². The molecule has 0 bridgehead atoms. The number of fused-ring (bicyclic) bond motifs is 1. The molecule has 1 aromatic carbocycles. The number of amides is 1. The maximum atomic E-state index is 11.0. The first-order valence-corrected chi connectivity index (χ1v) is 5.46. The minimum Gasteiger partial charge on any atom is -0.378 e. The van der Waals surface area contributed by atoms with Crippen LogP contribution in [0.1, 0.15) is 41.7 Å². The molecule has 4 nitrogen and oxygen atoms in total. The summed E-state index contributed by atoms with van der Waals surface area (Å²) < 4.78 is 0. The maximum Gasteiger partial charge on any atom is 0.250 e. The second-order valence-corrected chi connectivity index (χ2v) is 4.22. The first-order valence-electron chi connectivity index (χ1n) is 5.46. The van der Waals surface area contributed by atoms with E-state index in [-0.39, 0.29) is 6.04 Å². The standard InChI is InChI=1S/C12H16N2O2/c13-10-6-2-3-7-8(10)4-1-5-9(7)11(15)12(14)16/h1,4-5,10-11,15H,2-3,6,13H2,(H2,14,16). The Morgan fingerprint density at radius 3 is 2.94 bits per heavy atom. The fourth-order valence-electron chi connectivity index (χ4n) is 2.32. The zero-order chi connectivity index (χ0) is 11.7. The topological polar surface area (TPSA) is 89.3 Å². The van der Waals surface area contributed by atoms with Crippen LogP contribution >= 0.6 is 0 Å². The molecule has 0 saturated carbocycles. The lowest BCUT2D eigenvalue weighted by Crippen LogP contribution is -2.25. The molecule has 4 heteroatoms. The average molecular weight is 220 g/mol. The third kappa shape index (κ3) is 1.81. The molecule has 2 rings (SSSR count). The van der Waals surface area contributed by atoms with E-state index in [9.17, 15) is 9.90 Å². The van der Waals surface area contributed by atoms with Crippen molar-refractivity contribution in [2.45, 2.75) is 31.4 Å². The first kappa shape index (κ1) is 11.1. The molecule has 2 atom stereocenters. The van der Waals surface area contributed by atoms with Crippen molar-refractivity contribution in [3.05, 3.63) is 34.9 Å². The summed E-state index contributed by atoms with van der Waals surface area (Å²) in [5, 5.41) is 9.72. The molecule has 1 aliphatic carbocycles. The predicted molar refractivity (Wildman–Crippen MR) is 60.5 cm³/mol. The van der Waals surface area contributed by atoms with Crippen molar-refractivity contribution in [3.63, 3.8) is 0 Å². The van der Waals surface area contributed by atoms with Crippen LogP contribution in [0.4, 0.5) is 0 Å². The van der Waals surface area contributed by atoms with Gasteiger partial charge in [-0.15, -0.1) is 0 Å². The minimum absolute atomic E-state index is 0.00350. The van der Waals surface area contributed by atoms with E-state index in [1.807, 2.05) is 12.1 Å². The third-order valence-electron chi connectivity index (χ3n) is 3.15. The number of nitrogens with two attached hydrogens (primary N) is 2. The van der Waals surface area contributed by atoms with E-state index in [2.05, 4.69) is 0 Å². The molecule has 0 aromatic heterocycles.